The number of nitrogens with one attached hydrogen (secondary N) is 1. The number of alkyl halides is 1. The van der Waals surface area contributed by atoms with E-state index in [1.165, 1.54) is 23.4 Å². The topological polar surface area (TPSA) is 110 Å². The number of sulfone groups is 1. The van der Waals surface area contributed by atoms with Gasteiger partial charge < -0.3 is 10.1 Å². The van der Waals surface area contributed by atoms with Gasteiger partial charge in [0, 0.05) is 49.2 Å². The van der Waals surface area contributed by atoms with E-state index in [0.717, 1.165) is 35.6 Å². The van der Waals surface area contributed by atoms with Crippen LogP contribution in [0.15, 0.2) is 58.8 Å². The van der Waals surface area contributed by atoms with E-state index < -0.39 is 37.5 Å². The third-order valence-electron chi connectivity index (χ3n) is 6.73. The Balaban J connectivity index is 1.54. The molecule has 2 aromatic carbocycles. The van der Waals surface area contributed by atoms with Crippen LogP contribution in [0.1, 0.15) is 38.2 Å². The summed E-state index contributed by atoms with van der Waals surface area (Å²) >= 11 is 0. The minimum absolute atomic E-state index is 0.102. The van der Waals surface area contributed by atoms with Crippen molar-refractivity contribution in [2.45, 2.75) is 62.2 Å². The molecule has 38 heavy (non-hydrogen) atoms. The van der Waals surface area contributed by atoms with E-state index in [1.54, 1.807) is 12.1 Å². The molecule has 1 N–H and O–H groups in total. The van der Waals surface area contributed by atoms with Gasteiger partial charge in [-0.3, -0.25) is 4.79 Å². The summed E-state index contributed by atoms with van der Waals surface area (Å²) < 4.78 is 72.8. The summed E-state index contributed by atoms with van der Waals surface area (Å²) in [5, 5.41) is 3.41. The summed E-state index contributed by atoms with van der Waals surface area (Å²) in [4.78, 5) is 12.7. The highest BCUT2D eigenvalue weighted by Gasteiger charge is 2.45. The van der Waals surface area contributed by atoms with E-state index in [1.807, 2.05) is 31.2 Å². The molecule has 0 unspecified atom stereocenters. The molecule has 0 radical (unpaired) electrons. The molecule has 1 saturated heterocycles. The first-order chi connectivity index (χ1) is 17.8. The zero-order valence-corrected chi connectivity index (χ0v) is 23.3. The highest BCUT2D eigenvalue weighted by atomic mass is 32.2. The highest BCUT2D eigenvalue weighted by Crippen LogP contribution is 2.38. The molecule has 1 aliphatic carbocycles. The Bertz CT molecular complexity index is 1440. The lowest BCUT2D eigenvalue weighted by atomic mass is 9.93. The Morgan fingerprint density at radius 3 is 2.37 bits per heavy atom. The second-order valence-corrected chi connectivity index (χ2v) is 13.9. The molecule has 0 aromatic heterocycles. The van der Waals surface area contributed by atoms with E-state index in [-0.39, 0.29) is 36.9 Å². The second-order valence-electron chi connectivity index (χ2n) is 10.1. The number of halogens is 1. The predicted octanol–water partition coefficient (Wildman–Crippen LogP) is 3.76. The van der Waals surface area contributed by atoms with Crippen molar-refractivity contribution in [2.75, 3.05) is 19.3 Å². The van der Waals surface area contributed by atoms with Crippen molar-refractivity contribution in [3.05, 3.63) is 59.5 Å². The lowest BCUT2D eigenvalue weighted by molar-refractivity contribution is -0.135. The Morgan fingerprint density at radius 2 is 1.76 bits per heavy atom. The minimum atomic E-state index is -4.01. The largest absolute Gasteiger partial charge is 0.490 e. The van der Waals surface area contributed by atoms with Crippen molar-refractivity contribution in [3.63, 3.8) is 0 Å². The van der Waals surface area contributed by atoms with Gasteiger partial charge in [0.2, 0.25) is 10.0 Å². The van der Waals surface area contributed by atoms with Crippen molar-refractivity contribution >= 4 is 25.8 Å². The molecule has 4 rings (SSSR count). The smallest absolute Gasteiger partial charge is 0.258 e. The first kappa shape index (κ1) is 28.3. The van der Waals surface area contributed by atoms with E-state index >= 15 is 4.39 Å². The highest BCUT2D eigenvalue weighted by molar-refractivity contribution is 7.93. The maximum Gasteiger partial charge on any atom is 0.258 e. The van der Waals surface area contributed by atoms with Crippen LogP contribution in [0.3, 0.4) is 0 Å². The molecule has 1 atom stereocenters. The molecule has 11 heteroatoms. The molecule has 0 spiro atoms. The number of benzene rings is 2. The van der Waals surface area contributed by atoms with Crippen molar-refractivity contribution in [3.8, 4) is 16.9 Å². The number of rotatable bonds is 9. The van der Waals surface area contributed by atoms with Gasteiger partial charge in [0.1, 0.15) is 5.75 Å². The predicted molar refractivity (Wildman–Crippen MR) is 144 cm³/mol. The summed E-state index contributed by atoms with van der Waals surface area (Å²) in [6.07, 6.45) is 3.74. The van der Waals surface area contributed by atoms with Gasteiger partial charge in [-0.15, -0.1) is 0 Å². The molecule has 8 nitrogen and oxygen atoms in total. The first-order valence-electron chi connectivity index (χ1n) is 12.5. The SMILES string of the molecule is Cc1ccccc1-c1cc(OC2CC2)ccc1S(=O)(=O)N1CCC(F)(C(=O)N[C@H](C)/C=C\S(C)(=O)=O)CC1. The number of piperidine rings is 1. The van der Waals surface area contributed by atoms with Crippen LogP contribution in [-0.2, 0) is 24.7 Å². The van der Waals surface area contributed by atoms with Gasteiger partial charge in [-0.25, -0.2) is 21.2 Å². The third kappa shape index (κ3) is 6.62. The average molecular weight is 565 g/mol. The fourth-order valence-electron chi connectivity index (χ4n) is 4.36. The number of hydrogen-bond donors (Lipinski definition) is 1. The van der Waals surface area contributed by atoms with E-state index in [0.29, 0.717) is 11.3 Å². The van der Waals surface area contributed by atoms with Crippen molar-refractivity contribution in [1.29, 1.82) is 0 Å². The van der Waals surface area contributed by atoms with Crippen LogP contribution < -0.4 is 10.1 Å². The molecule has 1 aliphatic heterocycles. The van der Waals surface area contributed by atoms with Crippen LogP contribution >= 0.6 is 0 Å². The van der Waals surface area contributed by atoms with E-state index in [2.05, 4.69) is 5.32 Å². The number of carbonyl (C=O) groups excluding carboxylic acids is 1. The number of aryl methyl sites for hydroxylation is 1. The van der Waals surface area contributed by atoms with Crippen LogP contribution in [0.25, 0.3) is 11.1 Å². The number of carbonyl (C=O) groups is 1. The Hall–Kier alpha value is -2.76. The van der Waals surface area contributed by atoms with Gasteiger partial charge in [0.25, 0.3) is 5.91 Å². The average Bonchev–Trinajstić information content (AvgIpc) is 3.67. The van der Waals surface area contributed by atoms with Gasteiger partial charge in [0.05, 0.1) is 11.0 Å². The van der Waals surface area contributed by atoms with Crippen LogP contribution in [0.5, 0.6) is 5.75 Å². The maximum atomic E-state index is 15.5. The fourth-order valence-corrected chi connectivity index (χ4v) is 6.51. The lowest BCUT2D eigenvalue weighted by Crippen LogP contribution is -2.53. The van der Waals surface area contributed by atoms with Gasteiger partial charge in [-0.05, 0) is 56.0 Å². The van der Waals surface area contributed by atoms with Crippen molar-refractivity contribution in [1.82, 2.24) is 9.62 Å². The third-order valence-corrected chi connectivity index (χ3v) is 9.33. The summed E-state index contributed by atoms with van der Waals surface area (Å²) in [5.74, 6) is -0.288. The standard InChI is InChI=1S/C27H33FN2O6S2/c1-19-6-4-5-7-23(19)24-18-22(36-21-8-9-21)10-11-25(24)38(34,35)30-15-13-27(28,14-16-30)26(31)29-20(2)12-17-37(3,32)33/h4-7,10-12,17-18,20-21H,8-9,13-16H2,1-3H3,(H,29,31)/b17-12-/t20-/m1/s1. The summed E-state index contributed by atoms with van der Waals surface area (Å²) in [6.45, 7) is 3.09. The molecular weight excluding hydrogens is 531 g/mol. The second kappa shape index (κ2) is 10.8. The van der Waals surface area contributed by atoms with Gasteiger partial charge in [0.15, 0.2) is 15.5 Å². The Morgan fingerprint density at radius 1 is 1.11 bits per heavy atom. The van der Waals surface area contributed by atoms with Crippen molar-refractivity contribution in [2.24, 2.45) is 0 Å². The quantitative estimate of drug-likeness (QED) is 0.497. The summed E-state index contributed by atoms with van der Waals surface area (Å²) in [5.41, 5.74) is -0.0769. The lowest BCUT2D eigenvalue weighted by Gasteiger charge is -2.35. The molecule has 2 aromatic rings. The number of sulfonamides is 1. The van der Waals surface area contributed by atoms with Crippen LogP contribution in [0, 0.1) is 6.92 Å². The molecule has 1 amide bonds. The normalized spacial score (nSPS) is 19.3. The number of ether oxygens (including phenoxy) is 1. The first-order valence-corrected chi connectivity index (χ1v) is 15.9. The molecule has 2 fully saturated rings. The molecule has 206 valence electrons. The number of nitrogens with zero attached hydrogens (tertiary/aromatic N) is 1. The monoisotopic (exact) mass is 564 g/mol. The number of amides is 1. The molecule has 1 saturated carbocycles. The summed E-state index contributed by atoms with van der Waals surface area (Å²) in [7, 11) is -7.39. The zero-order chi connectivity index (χ0) is 27.7. The molecular formula is C27H33FN2O6S2. The van der Waals surface area contributed by atoms with Gasteiger partial charge in [-0.1, -0.05) is 30.3 Å². The molecule has 2 aliphatic rings. The summed E-state index contributed by atoms with van der Waals surface area (Å²) in [6, 6.07) is 11.7. The van der Waals surface area contributed by atoms with Crippen LogP contribution in [0.4, 0.5) is 4.39 Å². The minimum Gasteiger partial charge on any atom is -0.490 e. The van der Waals surface area contributed by atoms with E-state index in [4.69, 9.17) is 4.74 Å². The number of hydrogen-bond acceptors (Lipinski definition) is 6. The Labute approximate surface area is 223 Å². The molecule has 1 heterocycles. The maximum absolute atomic E-state index is 15.5. The van der Waals surface area contributed by atoms with Gasteiger partial charge >= 0.3 is 0 Å². The van der Waals surface area contributed by atoms with Crippen LogP contribution in [0.2, 0.25) is 0 Å². The Kier molecular flexibility index (Phi) is 8.02. The van der Waals surface area contributed by atoms with Crippen molar-refractivity contribution < 1.29 is 30.8 Å². The van der Waals surface area contributed by atoms with Gasteiger partial charge in [-0.2, -0.15) is 4.31 Å². The zero-order valence-electron chi connectivity index (χ0n) is 21.7. The van der Waals surface area contributed by atoms with Crippen LogP contribution in [-0.4, -0.2) is 64.2 Å². The van der Waals surface area contributed by atoms with E-state index in [9.17, 15) is 21.6 Å². The molecule has 0 bridgehead atoms. The fraction of sp³-hybridized carbons (Fsp3) is 0.444.